The molecule has 0 aromatic rings. The van der Waals surface area contributed by atoms with Gasteiger partial charge in [-0.15, -0.1) is 0 Å². The second-order valence-corrected chi connectivity index (χ2v) is 18.8. The summed E-state index contributed by atoms with van der Waals surface area (Å²) in [4.78, 5) is 38.1. The Balaban J connectivity index is 4.43. The summed E-state index contributed by atoms with van der Waals surface area (Å²) >= 11 is 0. The Morgan fingerprint density at radius 3 is 0.900 bits per heavy atom. The minimum Gasteiger partial charge on any atom is -0.462 e. The molecule has 0 saturated heterocycles. The lowest BCUT2D eigenvalue weighted by Gasteiger charge is -2.18. The van der Waals surface area contributed by atoms with E-state index in [4.69, 9.17) is 14.2 Å². The number of carbonyl (C=O) groups excluding carboxylic acids is 3. The van der Waals surface area contributed by atoms with Gasteiger partial charge >= 0.3 is 17.9 Å². The highest BCUT2D eigenvalue weighted by molar-refractivity contribution is 5.71. The molecule has 0 radical (unpaired) electrons. The largest absolute Gasteiger partial charge is 0.462 e. The molecule has 0 aliphatic carbocycles. The second kappa shape index (κ2) is 57.6. The number of unbranched alkanes of at least 4 members (excludes halogenated alkanes) is 22. The molecule has 0 amide bonds. The van der Waals surface area contributed by atoms with Crippen LogP contribution in [0.1, 0.15) is 258 Å². The van der Waals surface area contributed by atoms with Crippen LogP contribution in [0.15, 0.2) is 109 Å². The molecule has 0 spiro atoms. The summed E-state index contributed by atoms with van der Waals surface area (Å²) in [6, 6.07) is 0. The van der Waals surface area contributed by atoms with Crippen molar-refractivity contribution in [3.05, 3.63) is 109 Å². The summed E-state index contributed by atoms with van der Waals surface area (Å²) in [5, 5.41) is 0. The van der Waals surface area contributed by atoms with Crippen molar-refractivity contribution in [3.8, 4) is 0 Å². The zero-order chi connectivity index (χ0) is 50.7. The summed E-state index contributed by atoms with van der Waals surface area (Å²) in [6.45, 7) is 6.45. The van der Waals surface area contributed by atoms with Crippen LogP contribution in [0.4, 0.5) is 0 Å². The van der Waals surface area contributed by atoms with E-state index in [1.165, 1.54) is 96.3 Å². The molecule has 1 unspecified atom stereocenters. The van der Waals surface area contributed by atoms with Gasteiger partial charge in [0, 0.05) is 19.3 Å². The maximum absolute atomic E-state index is 12.9. The lowest BCUT2D eigenvalue weighted by molar-refractivity contribution is -0.167. The first kappa shape index (κ1) is 66.1. The number of allylic oxidation sites excluding steroid dienone is 18. The quantitative estimate of drug-likeness (QED) is 0.0262. The van der Waals surface area contributed by atoms with Crippen LogP contribution in [0.2, 0.25) is 0 Å². The molecule has 6 nitrogen and oxygen atoms in total. The monoisotopic (exact) mass is 971 g/mol. The molecule has 0 heterocycles. The first-order chi connectivity index (χ1) is 34.5. The van der Waals surface area contributed by atoms with Gasteiger partial charge in [0.15, 0.2) is 6.10 Å². The maximum atomic E-state index is 12.9. The number of carbonyl (C=O) groups is 3. The normalized spacial score (nSPS) is 12.9. The fraction of sp³-hybridized carbons (Fsp3) is 0.672. The summed E-state index contributed by atoms with van der Waals surface area (Å²) < 4.78 is 16.8. The molecular formula is C64H106O6. The predicted octanol–water partition coefficient (Wildman–Crippen LogP) is 19.5. The number of hydrogen-bond acceptors (Lipinski definition) is 6. The van der Waals surface area contributed by atoms with Gasteiger partial charge in [0.2, 0.25) is 0 Å². The van der Waals surface area contributed by atoms with Gasteiger partial charge in [-0.05, 0) is 109 Å². The van der Waals surface area contributed by atoms with Crippen LogP contribution in [-0.4, -0.2) is 37.2 Å². The van der Waals surface area contributed by atoms with Crippen LogP contribution in [0.5, 0.6) is 0 Å². The Labute approximate surface area is 431 Å². The predicted molar refractivity (Wildman–Crippen MR) is 302 cm³/mol. The fourth-order valence-corrected chi connectivity index (χ4v) is 7.69. The molecule has 0 aromatic carbocycles. The molecule has 0 fully saturated rings. The molecule has 0 N–H and O–H groups in total. The first-order valence-electron chi connectivity index (χ1n) is 28.9. The SMILES string of the molecule is CC/C=C\C/C=C\C/C=C\C/C=C\C/C=C\C/C=C\CCCCC(=O)OCC(COC(=O)CCCCCCCCCCCC)OC(=O)CCCCCCCC/C=C\C/C=C\C/C=C\CCCCCCC. The Morgan fingerprint density at radius 2 is 0.557 bits per heavy atom. The average molecular weight is 972 g/mol. The fourth-order valence-electron chi connectivity index (χ4n) is 7.69. The standard InChI is InChI=1S/C64H106O6/c1-4-7-10-13-16-19-22-24-26-28-30-32-34-36-38-40-42-45-48-51-54-57-63(66)69-60-61(59-68-62(65)56-53-50-47-44-21-18-15-12-9-6-3)70-64(67)58-55-52-49-46-43-41-39-37-35-33-31-29-27-25-23-20-17-14-11-8-5-2/h7,10,16,19,23-26,29-32,35-38,42,45,61H,4-6,8-9,11-15,17-18,20-22,27-28,33-34,39-41,43-44,46-60H2,1-3H3/b10-7-,19-16-,25-23-,26-24-,31-29-,32-30-,37-35-,38-36-,45-42-. The van der Waals surface area contributed by atoms with Gasteiger partial charge in [-0.1, -0.05) is 239 Å². The van der Waals surface area contributed by atoms with Gasteiger partial charge in [-0.3, -0.25) is 14.4 Å². The highest BCUT2D eigenvalue weighted by Crippen LogP contribution is 2.14. The third-order valence-electron chi connectivity index (χ3n) is 12.0. The number of ether oxygens (including phenoxy) is 3. The van der Waals surface area contributed by atoms with Gasteiger partial charge in [0.05, 0.1) is 0 Å². The molecule has 70 heavy (non-hydrogen) atoms. The molecule has 0 aliphatic heterocycles. The van der Waals surface area contributed by atoms with Gasteiger partial charge in [-0.2, -0.15) is 0 Å². The van der Waals surface area contributed by atoms with Gasteiger partial charge < -0.3 is 14.2 Å². The minimum absolute atomic E-state index is 0.0975. The molecule has 0 saturated carbocycles. The second-order valence-electron chi connectivity index (χ2n) is 18.8. The number of hydrogen-bond donors (Lipinski definition) is 0. The van der Waals surface area contributed by atoms with Crippen molar-refractivity contribution < 1.29 is 28.6 Å². The molecule has 0 bridgehead atoms. The summed E-state index contributed by atoms with van der Waals surface area (Å²) in [5.41, 5.74) is 0. The average Bonchev–Trinajstić information content (AvgIpc) is 3.36. The van der Waals surface area contributed by atoms with Crippen LogP contribution >= 0.6 is 0 Å². The van der Waals surface area contributed by atoms with E-state index < -0.39 is 6.10 Å². The molecule has 1 atom stereocenters. The van der Waals surface area contributed by atoms with Gasteiger partial charge in [0.1, 0.15) is 13.2 Å². The van der Waals surface area contributed by atoms with E-state index in [-0.39, 0.29) is 31.1 Å². The van der Waals surface area contributed by atoms with E-state index in [1.807, 2.05) is 0 Å². The Morgan fingerprint density at radius 1 is 0.300 bits per heavy atom. The molecule has 6 heteroatoms. The van der Waals surface area contributed by atoms with Crippen LogP contribution < -0.4 is 0 Å². The lowest BCUT2D eigenvalue weighted by Crippen LogP contribution is -2.30. The van der Waals surface area contributed by atoms with E-state index >= 15 is 0 Å². The van der Waals surface area contributed by atoms with E-state index in [0.717, 1.165) is 122 Å². The van der Waals surface area contributed by atoms with E-state index in [0.29, 0.717) is 19.3 Å². The first-order valence-corrected chi connectivity index (χ1v) is 28.9. The smallest absolute Gasteiger partial charge is 0.306 e. The van der Waals surface area contributed by atoms with Crippen molar-refractivity contribution >= 4 is 17.9 Å². The van der Waals surface area contributed by atoms with Crippen molar-refractivity contribution in [2.45, 2.75) is 264 Å². The van der Waals surface area contributed by atoms with Crippen LogP contribution in [0, 0.1) is 0 Å². The van der Waals surface area contributed by atoms with Crippen molar-refractivity contribution in [3.63, 3.8) is 0 Å². The number of rotatable bonds is 51. The third-order valence-corrected chi connectivity index (χ3v) is 12.0. The Bertz CT molecular complexity index is 1440. The minimum atomic E-state index is -0.803. The van der Waals surface area contributed by atoms with Crippen molar-refractivity contribution in [2.75, 3.05) is 13.2 Å². The van der Waals surface area contributed by atoms with E-state index in [9.17, 15) is 14.4 Å². The zero-order valence-electron chi connectivity index (χ0n) is 45.5. The molecule has 0 aromatic heterocycles. The van der Waals surface area contributed by atoms with Crippen LogP contribution in [-0.2, 0) is 28.6 Å². The molecule has 398 valence electrons. The zero-order valence-corrected chi connectivity index (χ0v) is 45.5. The topological polar surface area (TPSA) is 78.9 Å². The van der Waals surface area contributed by atoms with Crippen LogP contribution in [0.3, 0.4) is 0 Å². The summed E-state index contributed by atoms with van der Waals surface area (Å²) in [5.74, 6) is -0.957. The van der Waals surface area contributed by atoms with E-state index in [1.54, 1.807) is 0 Å². The lowest BCUT2D eigenvalue weighted by atomic mass is 10.1. The summed E-state index contributed by atoms with van der Waals surface area (Å²) in [7, 11) is 0. The Hall–Kier alpha value is -3.93. The highest BCUT2D eigenvalue weighted by Gasteiger charge is 2.19. The van der Waals surface area contributed by atoms with E-state index in [2.05, 4.69) is 130 Å². The van der Waals surface area contributed by atoms with Crippen molar-refractivity contribution in [2.24, 2.45) is 0 Å². The Kier molecular flexibility index (Phi) is 54.4. The maximum Gasteiger partial charge on any atom is 0.306 e. The van der Waals surface area contributed by atoms with Gasteiger partial charge in [-0.25, -0.2) is 0 Å². The molecular weight excluding hydrogens is 865 g/mol. The van der Waals surface area contributed by atoms with Gasteiger partial charge in [0.25, 0.3) is 0 Å². The van der Waals surface area contributed by atoms with Crippen LogP contribution in [0.25, 0.3) is 0 Å². The summed E-state index contributed by atoms with van der Waals surface area (Å²) in [6.07, 6.45) is 78.0. The van der Waals surface area contributed by atoms with Crippen molar-refractivity contribution in [1.29, 1.82) is 0 Å². The highest BCUT2D eigenvalue weighted by atomic mass is 16.6. The van der Waals surface area contributed by atoms with Crippen molar-refractivity contribution in [1.82, 2.24) is 0 Å². The molecule has 0 aliphatic rings. The third kappa shape index (κ3) is 55.0. The number of esters is 3. The molecule has 0 rings (SSSR count).